The lowest BCUT2D eigenvalue weighted by molar-refractivity contribution is 0.0874. The summed E-state index contributed by atoms with van der Waals surface area (Å²) in [7, 11) is 2.23. The molecule has 4 aromatic carbocycles. The number of ketones is 1. The van der Waals surface area contributed by atoms with Gasteiger partial charge in [0.2, 0.25) is 0 Å². The van der Waals surface area contributed by atoms with Crippen molar-refractivity contribution >= 4 is 22.6 Å². The van der Waals surface area contributed by atoms with E-state index in [-0.39, 0.29) is 17.1 Å². The molecule has 1 aliphatic heterocycles. The molecule has 192 valence electrons. The first-order chi connectivity index (χ1) is 19.2. The van der Waals surface area contributed by atoms with Crippen molar-refractivity contribution in [1.29, 1.82) is 0 Å². The number of hydrogen-bond acceptors (Lipinski definition) is 2. The van der Waals surface area contributed by atoms with E-state index in [9.17, 15) is 4.79 Å². The Balaban J connectivity index is 1.57. The minimum atomic E-state index is -0.536. The minimum absolute atomic E-state index is 0.151. The van der Waals surface area contributed by atoms with E-state index < -0.39 is 5.54 Å². The summed E-state index contributed by atoms with van der Waals surface area (Å²) in [5.41, 5.74) is 7.34. The summed E-state index contributed by atoms with van der Waals surface area (Å²) in [6, 6.07) is 40.1. The maximum Gasteiger partial charge on any atom is 0.173 e. The van der Waals surface area contributed by atoms with Crippen LogP contribution >= 0.6 is 0 Å². The van der Waals surface area contributed by atoms with Gasteiger partial charge in [0.15, 0.2) is 5.78 Å². The van der Waals surface area contributed by atoms with E-state index >= 15 is 0 Å². The van der Waals surface area contributed by atoms with E-state index in [0.717, 1.165) is 29.5 Å². The summed E-state index contributed by atoms with van der Waals surface area (Å²) in [6.45, 7) is 0. The van der Waals surface area contributed by atoms with Gasteiger partial charge in [0.1, 0.15) is 0 Å². The van der Waals surface area contributed by atoms with Crippen LogP contribution < -0.4 is 4.90 Å². The number of anilines is 1. The van der Waals surface area contributed by atoms with E-state index in [0.29, 0.717) is 0 Å². The van der Waals surface area contributed by atoms with Crippen LogP contribution in [0.3, 0.4) is 0 Å². The monoisotopic (exact) mass is 507 g/mol. The molecule has 0 amide bonds. The third-order valence-electron chi connectivity index (χ3n) is 9.53. The smallest absolute Gasteiger partial charge is 0.173 e. The van der Waals surface area contributed by atoms with Gasteiger partial charge in [0, 0.05) is 23.7 Å². The quantitative estimate of drug-likeness (QED) is 0.259. The van der Waals surface area contributed by atoms with Crippen molar-refractivity contribution in [2.75, 3.05) is 11.9 Å². The summed E-state index contributed by atoms with van der Waals surface area (Å²) >= 11 is 0. The van der Waals surface area contributed by atoms with Crippen LogP contribution in [0.5, 0.6) is 0 Å². The molecule has 39 heavy (non-hydrogen) atoms. The van der Waals surface area contributed by atoms with E-state index in [1.165, 1.54) is 35.2 Å². The number of likely N-dealkylation sites (N-methyl/N-ethyl adjacent to an activating group) is 1. The van der Waals surface area contributed by atoms with Crippen LogP contribution in [0, 0.1) is 5.92 Å². The largest absolute Gasteiger partial charge is 0.363 e. The molecule has 1 fully saturated rings. The van der Waals surface area contributed by atoms with E-state index in [1.54, 1.807) is 0 Å². The Bertz CT molecular complexity index is 1580. The molecule has 1 heterocycles. The molecule has 2 nitrogen and oxygen atoms in total. The van der Waals surface area contributed by atoms with Gasteiger partial charge >= 0.3 is 0 Å². The highest BCUT2D eigenvalue weighted by atomic mass is 16.1. The van der Waals surface area contributed by atoms with Gasteiger partial charge in [-0.05, 0) is 58.9 Å². The molecule has 0 bridgehead atoms. The van der Waals surface area contributed by atoms with Crippen molar-refractivity contribution in [2.45, 2.75) is 36.6 Å². The number of nitrogens with zero attached hydrogens (tertiary/aromatic N) is 1. The molecule has 2 heteroatoms. The Morgan fingerprint density at radius 2 is 1.28 bits per heavy atom. The zero-order valence-corrected chi connectivity index (χ0v) is 22.4. The number of fused-ring (bicyclic) bond motifs is 3. The first-order valence-electron chi connectivity index (χ1n) is 14.1. The molecule has 2 aliphatic carbocycles. The molecule has 2 atom stereocenters. The van der Waals surface area contributed by atoms with Crippen LogP contribution in [0.2, 0.25) is 0 Å². The predicted octanol–water partition coefficient (Wildman–Crippen LogP) is 8.37. The Morgan fingerprint density at radius 1 is 0.718 bits per heavy atom. The SMILES string of the molecule is CN1c2ccccc2C2(CCCC2)[C@@]12C=C(c1ccccc1)C=C(c1ccccc1)[C@H]2C(=O)c1ccccc1. The van der Waals surface area contributed by atoms with Crippen molar-refractivity contribution in [3.8, 4) is 0 Å². The van der Waals surface area contributed by atoms with Crippen molar-refractivity contribution in [1.82, 2.24) is 0 Å². The van der Waals surface area contributed by atoms with Gasteiger partial charge in [-0.2, -0.15) is 0 Å². The van der Waals surface area contributed by atoms with Crippen molar-refractivity contribution in [3.63, 3.8) is 0 Å². The van der Waals surface area contributed by atoms with Gasteiger partial charge in [-0.3, -0.25) is 4.79 Å². The lowest BCUT2D eigenvalue weighted by atomic mass is 9.55. The second-order valence-electron chi connectivity index (χ2n) is 11.3. The van der Waals surface area contributed by atoms with Crippen molar-refractivity contribution in [3.05, 3.63) is 150 Å². The molecule has 1 saturated carbocycles. The third-order valence-corrected chi connectivity index (χ3v) is 9.53. The number of allylic oxidation sites excluding steroid dienone is 2. The molecular formula is C37H33NO. The van der Waals surface area contributed by atoms with Crippen LogP contribution in [-0.4, -0.2) is 18.4 Å². The number of carbonyl (C=O) groups excluding carboxylic acids is 1. The second-order valence-corrected chi connectivity index (χ2v) is 11.3. The number of hydrogen-bond donors (Lipinski definition) is 0. The first-order valence-corrected chi connectivity index (χ1v) is 14.1. The predicted molar refractivity (Wildman–Crippen MR) is 161 cm³/mol. The van der Waals surface area contributed by atoms with E-state index in [1.807, 2.05) is 30.3 Å². The lowest BCUT2D eigenvalue weighted by Gasteiger charge is -2.53. The fraction of sp³-hybridized carbons (Fsp3) is 0.216. The van der Waals surface area contributed by atoms with Crippen LogP contribution in [-0.2, 0) is 5.41 Å². The Kier molecular flexibility index (Phi) is 5.66. The number of benzene rings is 4. The summed E-state index contributed by atoms with van der Waals surface area (Å²) in [6.07, 6.45) is 9.28. The lowest BCUT2D eigenvalue weighted by Crippen LogP contribution is -2.62. The number of Topliss-reactive ketones (excluding diaryl/α,β-unsaturated/α-hetero) is 1. The fourth-order valence-corrected chi connectivity index (χ4v) is 7.90. The van der Waals surface area contributed by atoms with Gasteiger partial charge < -0.3 is 4.90 Å². The van der Waals surface area contributed by atoms with Crippen molar-refractivity contribution in [2.24, 2.45) is 5.92 Å². The molecule has 4 aromatic rings. The molecular weight excluding hydrogens is 474 g/mol. The molecule has 0 N–H and O–H groups in total. The fourth-order valence-electron chi connectivity index (χ4n) is 7.90. The maximum absolute atomic E-state index is 14.9. The molecule has 0 aromatic heterocycles. The molecule has 3 aliphatic rings. The molecule has 2 spiro atoms. The maximum atomic E-state index is 14.9. The zero-order chi connectivity index (χ0) is 26.5. The summed E-state index contributed by atoms with van der Waals surface area (Å²) in [5.74, 6) is -0.162. The standard InChI is InChI=1S/C37H33NO/c1-38-33-22-12-11-21-32(33)36(23-13-14-24-36)37(38)26-30(27-15-5-2-6-16-27)25-31(28-17-7-3-8-18-28)34(37)35(39)29-19-9-4-10-20-29/h2-12,15-22,25-26,34H,13-14,23-24H2,1H3/t34-,37-/m0/s1. The Labute approximate surface area is 231 Å². The van der Waals surface area contributed by atoms with Crippen LogP contribution in [0.4, 0.5) is 5.69 Å². The number of carbonyl (C=O) groups is 1. The summed E-state index contributed by atoms with van der Waals surface area (Å²) in [4.78, 5) is 17.4. The molecule has 0 radical (unpaired) electrons. The van der Waals surface area contributed by atoms with Gasteiger partial charge in [-0.1, -0.05) is 122 Å². The van der Waals surface area contributed by atoms with Gasteiger partial charge in [-0.25, -0.2) is 0 Å². The van der Waals surface area contributed by atoms with Gasteiger partial charge in [-0.15, -0.1) is 0 Å². The minimum Gasteiger partial charge on any atom is -0.363 e. The highest BCUT2D eigenvalue weighted by molar-refractivity contribution is 6.10. The van der Waals surface area contributed by atoms with Crippen molar-refractivity contribution < 1.29 is 4.79 Å². The highest BCUT2D eigenvalue weighted by Crippen LogP contribution is 2.65. The van der Waals surface area contributed by atoms with E-state index in [4.69, 9.17) is 0 Å². The van der Waals surface area contributed by atoms with Crippen LogP contribution in [0.1, 0.15) is 52.7 Å². The average Bonchev–Trinajstić information content (AvgIpc) is 3.58. The van der Waals surface area contributed by atoms with Crippen LogP contribution in [0.25, 0.3) is 11.1 Å². The average molecular weight is 508 g/mol. The zero-order valence-electron chi connectivity index (χ0n) is 22.4. The molecule has 0 saturated heterocycles. The number of rotatable bonds is 4. The molecule has 0 unspecified atom stereocenters. The Hall–Kier alpha value is -4.17. The van der Waals surface area contributed by atoms with Crippen LogP contribution in [0.15, 0.2) is 127 Å². The number of para-hydroxylation sites is 1. The third kappa shape index (κ3) is 3.44. The summed E-state index contributed by atoms with van der Waals surface area (Å²) in [5, 5.41) is 0. The highest BCUT2D eigenvalue weighted by Gasteiger charge is 2.66. The van der Waals surface area contributed by atoms with Gasteiger partial charge in [0.25, 0.3) is 0 Å². The first kappa shape index (κ1) is 23.9. The Morgan fingerprint density at radius 3 is 1.95 bits per heavy atom. The topological polar surface area (TPSA) is 20.3 Å². The second kappa shape index (κ2) is 9.24. The normalized spacial score (nSPS) is 23.0. The molecule has 7 rings (SSSR count). The van der Waals surface area contributed by atoms with Gasteiger partial charge in [0.05, 0.1) is 11.5 Å². The summed E-state index contributed by atoms with van der Waals surface area (Å²) < 4.78 is 0. The van der Waals surface area contributed by atoms with E-state index in [2.05, 4.69) is 109 Å².